The van der Waals surface area contributed by atoms with Crippen molar-refractivity contribution in [2.24, 2.45) is 5.92 Å². The number of rotatable bonds is 8. The molecule has 1 fully saturated rings. The molecule has 0 bridgehead atoms. The van der Waals surface area contributed by atoms with Crippen molar-refractivity contribution in [1.29, 1.82) is 0 Å². The van der Waals surface area contributed by atoms with Crippen LogP contribution in [0.15, 0.2) is 36.4 Å². The van der Waals surface area contributed by atoms with Gasteiger partial charge in [-0.2, -0.15) is 13.2 Å². The van der Waals surface area contributed by atoms with Crippen LogP contribution >= 0.6 is 11.6 Å². The lowest BCUT2D eigenvalue weighted by Gasteiger charge is -2.29. The van der Waals surface area contributed by atoms with Crippen molar-refractivity contribution in [2.75, 3.05) is 13.2 Å². The summed E-state index contributed by atoms with van der Waals surface area (Å²) in [6, 6.07) is 10.6. The van der Waals surface area contributed by atoms with E-state index >= 15 is 0 Å². The van der Waals surface area contributed by atoms with Gasteiger partial charge in [0.2, 0.25) is 0 Å². The molecule has 0 heterocycles. The predicted molar refractivity (Wildman–Crippen MR) is 115 cm³/mol. The predicted octanol–water partition coefficient (Wildman–Crippen LogP) is 7.09. The third-order valence-electron chi connectivity index (χ3n) is 5.58. The van der Waals surface area contributed by atoms with Crippen LogP contribution in [0.2, 0.25) is 5.02 Å². The van der Waals surface area contributed by atoms with Crippen molar-refractivity contribution in [1.82, 2.24) is 0 Å². The zero-order valence-electron chi connectivity index (χ0n) is 17.6. The van der Waals surface area contributed by atoms with E-state index in [2.05, 4.69) is 0 Å². The molecule has 0 N–H and O–H groups in total. The number of hydrogen-bond donors (Lipinski definition) is 0. The number of esters is 1. The molecule has 0 aliphatic heterocycles. The van der Waals surface area contributed by atoms with Gasteiger partial charge in [0.25, 0.3) is 0 Å². The Balaban J connectivity index is 2.05. The molecule has 1 aliphatic rings. The van der Waals surface area contributed by atoms with Crippen molar-refractivity contribution in [3.8, 4) is 16.9 Å². The minimum absolute atomic E-state index is 0.0419. The summed E-state index contributed by atoms with van der Waals surface area (Å²) in [5.74, 6) is -0.483. The van der Waals surface area contributed by atoms with Gasteiger partial charge in [0.1, 0.15) is 5.75 Å². The summed E-state index contributed by atoms with van der Waals surface area (Å²) < 4.78 is 48.8. The SMILES string of the molecule is CCOC(=O)C(CC1CCC1)c1cc(Cl)c(OCC(F)(F)F)c(-c2ccc(C)cc2)c1. The first kappa shape index (κ1) is 23.5. The number of ether oxygens (including phenoxy) is 2. The van der Waals surface area contributed by atoms with Gasteiger partial charge in [-0.1, -0.05) is 60.7 Å². The zero-order valence-corrected chi connectivity index (χ0v) is 18.4. The van der Waals surface area contributed by atoms with E-state index in [1.807, 2.05) is 19.1 Å². The van der Waals surface area contributed by atoms with Gasteiger partial charge < -0.3 is 9.47 Å². The summed E-state index contributed by atoms with van der Waals surface area (Å²) in [5.41, 5.74) is 2.73. The number of carbonyl (C=O) groups is 1. The lowest BCUT2D eigenvalue weighted by atomic mass is 9.77. The summed E-state index contributed by atoms with van der Waals surface area (Å²) in [6.45, 7) is 2.47. The Bertz CT molecular complexity index is 906. The molecule has 1 atom stereocenters. The average Bonchev–Trinajstić information content (AvgIpc) is 2.66. The molecular formula is C24H26ClF3O3. The topological polar surface area (TPSA) is 35.5 Å². The molecule has 1 aliphatic carbocycles. The summed E-state index contributed by atoms with van der Waals surface area (Å²) in [7, 11) is 0. The summed E-state index contributed by atoms with van der Waals surface area (Å²) >= 11 is 6.41. The molecule has 168 valence electrons. The molecule has 2 aromatic carbocycles. The maximum atomic E-state index is 12.8. The number of benzene rings is 2. The van der Waals surface area contributed by atoms with E-state index in [9.17, 15) is 18.0 Å². The lowest BCUT2D eigenvalue weighted by Crippen LogP contribution is -2.23. The minimum Gasteiger partial charge on any atom is -0.482 e. The quantitative estimate of drug-likeness (QED) is 0.399. The summed E-state index contributed by atoms with van der Waals surface area (Å²) in [4.78, 5) is 12.7. The van der Waals surface area contributed by atoms with Crippen LogP contribution in [0.25, 0.3) is 11.1 Å². The Hall–Kier alpha value is -2.21. The molecule has 3 nitrogen and oxygen atoms in total. The van der Waals surface area contributed by atoms with Crippen LogP contribution in [0.1, 0.15) is 49.7 Å². The van der Waals surface area contributed by atoms with Crippen LogP contribution < -0.4 is 4.74 Å². The summed E-state index contributed by atoms with van der Waals surface area (Å²) in [5, 5.41) is 0.0419. The monoisotopic (exact) mass is 454 g/mol. The van der Waals surface area contributed by atoms with E-state index in [0.717, 1.165) is 24.8 Å². The molecule has 1 saturated carbocycles. The van der Waals surface area contributed by atoms with Gasteiger partial charge >= 0.3 is 12.1 Å². The normalized spacial score (nSPS) is 15.3. The van der Waals surface area contributed by atoms with Crippen LogP contribution in [-0.4, -0.2) is 25.4 Å². The molecule has 0 aromatic heterocycles. The Labute approximate surface area is 185 Å². The zero-order chi connectivity index (χ0) is 22.6. The maximum absolute atomic E-state index is 12.8. The molecule has 0 amide bonds. The van der Waals surface area contributed by atoms with Crippen molar-refractivity contribution < 1.29 is 27.4 Å². The van der Waals surface area contributed by atoms with Crippen LogP contribution in [0.3, 0.4) is 0 Å². The van der Waals surface area contributed by atoms with Gasteiger partial charge in [-0.3, -0.25) is 4.79 Å². The second-order valence-corrected chi connectivity index (χ2v) is 8.39. The van der Waals surface area contributed by atoms with E-state index in [1.54, 1.807) is 25.1 Å². The second-order valence-electron chi connectivity index (χ2n) is 7.99. The highest BCUT2D eigenvalue weighted by Crippen LogP contribution is 2.43. The van der Waals surface area contributed by atoms with Gasteiger partial charge in [0.15, 0.2) is 6.61 Å². The van der Waals surface area contributed by atoms with Gasteiger partial charge in [0, 0.05) is 5.56 Å². The molecule has 31 heavy (non-hydrogen) atoms. The van der Waals surface area contributed by atoms with E-state index in [4.69, 9.17) is 21.1 Å². The van der Waals surface area contributed by atoms with Gasteiger partial charge in [-0.05, 0) is 49.4 Å². The average molecular weight is 455 g/mol. The fraction of sp³-hybridized carbons (Fsp3) is 0.458. The van der Waals surface area contributed by atoms with Gasteiger partial charge in [0.05, 0.1) is 17.5 Å². The smallest absolute Gasteiger partial charge is 0.422 e. The summed E-state index contributed by atoms with van der Waals surface area (Å²) in [6.07, 6.45) is -0.613. The molecule has 0 spiro atoms. The molecule has 0 radical (unpaired) electrons. The first-order chi connectivity index (χ1) is 14.7. The Morgan fingerprint density at radius 3 is 2.42 bits per heavy atom. The first-order valence-electron chi connectivity index (χ1n) is 10.4. The fourth-order valence-electron chi connectivity index (χ4n) is 3.74. The highest BCUT2D eigenvalue weighted by Gasteiger charge is 2.32. The van der Waals surface area contributed by atoms with Crippen molar-refractivity contribution in [2.45, 2.75) is 51.6 Å². The molecule has 7 heteroatoms. The number of hydrogen-bond acceptors (Lipinski definition) is 3. The standard InChI is InChI=1S/C24H26ClF3O3/c1-3-30-23(29)20(11-16-5-4-6-16)18-12-19(17-9-7-15(2)8-10-17)22(21(25)13-18)31-14-24(26,27)28/h7-10,12-13,16,20H,3-6,11,14H2,1-2H3. The number of aryl methyl sites for hydroxylation is 1. The lowest BCUT2D eigenvalue weighted by molar-refractivity contribution is -0.153. The highest BCUT2D eigenvalue weighted by molar-refractivity contribution is 6.32. The number of alkyl halides is 3. The van der Waals surface area contributed by atoms with Crippen molar-refractivity contribution in [3.63, 3.8) is 0 Å². The third-order valence-corrected chi connectivity index (χ3v) is 5.86. The first-order valence-corrected chi connectivity index (χ1v) is 10.8. The third kappa shape index (κ3) is 6.16. The number of carbonyl (C=O) groups excluding carboxylic acids is 1. The van der Waals surface area contributed by atoms with E-state index < -0.39 is 18.7 Å². The minimum atomic E-state index is -4.50. The molecular weight excluding hydrogens is 429 g/mol. The van der Waals surface area contributed by atoms with E-state index in [1.165, 1.54) is 6.07 Å². The molecule has 1 unspecified atom stereocenters. The van der Waals surface area contributed by atoms with Crippen LogP contribution in [-0.2, 0) is 9.53 Å². The largest absolute Gasteiger partial charge is 0.482 e. The highest BCUT2D eigenvalue weighted by atomic mass is 35.5. The Morgan fingerprint density at radius 2 is 1.87 bits per heavy atom. The molecule has 0 saturated heterocycles. The maximum Gasteiger partial charge on any atom is 0.422 e. The fourth-order valence-corrected chi connectivity index (χ4v) is 4.02. The number of halogens is 4. The molecule has 3 rings (SSSR count). The van der Waals surface area contributed by atoms with Crippen LogP contribution in [0.4, 0.5) is 13.2 Å². The van der Waals surface area contributed by atoms with Crippen LogP contribution in [0.5, 0.6) is 5.75 Å². The van der Waals surface area contributed by atoms with E-state index in [-0.39, 0.29) is 23.3 Å². The van der Waals surface area contributed by atoms with Crippen molar-refractivity contribution in [3.05, 3.63) is 52.5 Å². The van der Waals surface area contributed by atoms with Gasteiger partial charge in [-0.25, -0.2) is 0 Å². The molecule has 2 aromatic rings. The Kier molecular flexibility index (Phi) is 7.52. The van der Waals surface area contributed by atoms with E-state index in [0.29, 0.717) is 29.0 Å². The van der Waals surface area contributed by atoms with Crippen LogP contribution in [0, 0.1) is 12.8 Å². The second kappa shape index (κ2) is 9.94. The Morgan fingerprint density at radius 1 is 1.19 bits per heavy atom. The van der Waals surface area contributed by atoms with Gasteiger partial charge in [-0.15, -0.1) is 0 Å². The van der Waals surface area contributed by atoms with Crippen molar-refractivity contribution >= 4 is 17.6 Å².